The Hall–Kier alpha value is -2.65. The van der Waals surface area contributed by atoms with Crippen LogP contribution in [0.1, 0.15) is 15.9 Å². The molecule has 2 nitrogen and oxygen atoms in total. The molecule has 0 saturated heterocycles. The number of carbonyl (C=O) groups excluding carboxylic acids is 1. The van der Waals surface area contributed by atoms with Crippen molar-refractivity contribution in [3.05, 3.63) is 83.2 Å². The largest absolute Gasteiger partial charge is 0.508 e. The smallest absolute Gasteiger partial charge is 0.185 e. The van der Waals surface area contributed by atoms with Crippen LogP contribution in [0.5, 0.6) is 5.75 Å². The summed E-state index contributed by atoms with van der Waals surface area (Å²) in [6.07, 6.45) is 3.23. The van der Waals surface area contributed by atoms with Crippen LogP contribution in [0, 0.1) is 0 Å². The molecular weight excluding hydrogens is 292 g/mol. The number of ketones is 1. The first-order chi connectivity index (χ1) is 10.7. The minimum absolute atomic E-state index is 0.0546. The second kappa shape index (κ2) is 6.41. The fraction of sp³-hybridized carbons (Fsp3) is 0. The molecule has 0 fully saturated rings. The Kier molecular flexibility index (Phi) is 4.17. The number of thiophene rings is 1. The predicted molar refractivity (Wildman–Crippen MR) is 91.2 cm³/mol. The van der Waals surface area contributed by atoms with E-state index in [1.54, 1.807) is 35.6 Å². The first-order valence-electron chi connectivity index (χ1n) is 6.88. The lowest BCUT2D eigenvalue weighted by Crippen LogP contribution is -1.93. The van der Waals surface area contributed by atoms with Crippen molar-refractivity contribution in [1.82, 2.24) is 0 Å². The lowest BCUT2D eigenvalue weighted by molar-refractivity contribution is 0.104. The first kappa shape index (κ1) is 14.3. The average Bonchev–Trinajstić information content (AvgIpc) is 3.07. The van der Waals surface area contributed by atoms with Gasteiger partial charge in [-0.3, -0.25) is 4.79 Å². The summed E-state index contributed by atoms with van der Waals surface area (Å²) >= 11 is 1.68. The zero-order valence-corrected chi connectivity index (χ0v) is 12.6. The van der Waals surface area contributed by atoms with Crippen molar-refractivity contribution in [2.45, 2.75) is 0 Å². The highest BCUT2D eigenvalue weighted by Gasteiger charge is 2.03. The van der Waals surface area contributed by atoms with E-state index in [9.17, 15) is 9.90 Å². The van der Waals surface area contributed by atoms with E-state index >= 15 is 0 Å². The molecule has 0 amide bonds. The van der Waals surface area contributed by atoms with Gasteiger partial charge in [0.15, 0.2) is 5.78 Å². The Bertz CT molecular complexity index is 800. The summed E-state index contributed by atoms with van der Waals surface area (Å²) in [6, 6.07) is 18.5. The third kappa shape index (κ3) is 3.32. The Morgan fingerprint density at radius 2 is 1.82 bits per heavy atom. The van der Waals surface area contributed by atoms with E-state index in [1.165, 1.54) is 11.0 Å². The second-order valence-corrected chi connectivity index (χ2v) is 5.79. The third-order valence-corrected chi connectivity index (χ3v) is 4.19. The number of phenolic OH excluding ortho intramolecular Hbond substituents is 1. The summed E-state index contributed by atoms with van der Waals surface area (Å²) in [4.78, 5) is 13.3. The number of hydrogen-bond acceptors (Lipinski definition) is 3. The van der Waals surface area contributed by atoms with Crippen molar-refractivity contribution >= 4 is 23.2 Å². The molecule has 22 heavy (non-hydrogen) atoms. The molecule has 0 aliphatic heterocycles. The number of carbonyl (C=O) groups is 1. The van der Waals surface area contributed by atoms with Crippen LogP contribution in [0.4, 0.5) is 0 Å². The number of allylic oxidation sites excluding steroid dienone is 1. The van der Waals surface area contributed by atoms with E-state index in [0.717, 1.165) is 11.1 Å². The summed E-state index contributed by atoms with van der Waals surface area (Å²) in [5.74, 6) is 0.135. The van der Waals surface area contributed by atoms with Crippen LogP contribution >= 0.6 is 11.3 Å². The number of phenols is 1. The fourth-order valence-corrected chi connectivity index (χ4v) is 2.87. The maximum atomic E-state index is 12.2. The summed E-state index contributed by atoms with van der Waals surface area (Å²) in [5.41, 5.74) is 2.56. The molecule has 1 heterocycles. The lowest BCUT2D eigenvalue weighted by atomic mass is 10.1. The third-order valence-electron chi connectivity index (χ3n) is 3.27. The van der Waals surface area contributed by atoms with Crippen LogP contribution in [0.25, 0.3) is 16.5 Å². The fourth-order valence-electron chi connectivity index (χ4n) is 2.14. The molecule has 0 aliphatic rings. The van der Waals surface area contributed by atoms with Crippen LogP contribution in [-0.4, -0.2) is 10.9 Å². The standard InChI is InChI=1S/C19H14O2S/c20-17-4-1-3-14(13-17)6-11-18(21)15-7-9-16(10-8-15)19-5-2-12-22-19/h1-13,20H/b11-6+. The zero-order chi connectivity index (χ0) is 15.4. The Balaban J connectivity index is 1.75. The summed E-state index contributed by atoms with van der Waals surface area (Å²) in [7, 11) is 0. The van der Waals surface area contributed by atoms with Crippen molar-refractivity contribution in [2.24, 2.45) is 0 Å². The highest BCUT2D eigenvalue weighted by molar-refractivity contribution is 7.13. The molecule has 1 aromatic heterocycles. The second-order valence-electron chi connectivity index (χ2n) is 4.85. The highest BCUT2D eigenvalue weighted by atomic mass is 32.1. The molecule has 0 radical (unpaired) electrons. The molecular formula is C19H14O2S. The Labute approximate surface area is 133 Å². The van der Waals surface area contributed by atoms with Gasteiger partial charge in [0.1, 0.15) is 5.75 Å². The molecule has 2 aromatic carbocycles. The van der Waals surface area contributed by atoms with Crippen LogP contribution in [-0.2, 0) is 0 Å². The molecule has 0 unspecified atom stereocenters. The van der Waals surface area contributed by atoms with Gasteiger partial charge >= 0.3 is 0 Å². The molecule has 0 saturated carbocycles. The quantitative estimate of drug-likeness (QED) is 0.543. The van der Waals surface area contributed by atoms with E-state index in [-0.39, 0.29) is 11.5 Å². The van der Waals surface area contributed by atoms with Crippen LogP contribution in [0.15, 0.2) is 72.1 Å². The molecule has 0 spiro atoms. The van der Waals surface area contributed by atoms with Crippen molar-refractivity contribution in [1.29, 1.82) is 0 Å². The molecule has 0 aliphatic carbocycles. The SMILES string of the molecule is O=C(/C=C/c1cccc(O)c1)c1ccc(-c2cccs2)cc1. The first-order valence-corrected chi connectivity index (χ1v) is 7.76. The Morgan fingerprint density at radius 3 is 2.50 bits per heavy atom. The van der Waals surface area contributed by atoms with Gasteiger partial charge in [0.25, 0.3) is 0 Å². The Morgan fingerprint density at radius 1 is 1.00 bits per heavy atom. The van der Waals surface area contributed by atoms with Crippen molar-refractivity contribution in [3.63, 3.8) is 0 Å². The summed E-state index contributed by atoms with van der Waals surface area (Å²) < 4.78 is 0. The van der Waals surface area contributed by atoms with Crippen LogP contribution in [0.3, 0.4) is 0 Å². The van der Waals surface area contributed by atoms with Gasteiger partial charge < -0.3 is 5.11 Å². The van der Waals surface area contributed by atoms with Crippen LogP contribution < -0.4 is 0 Å². The maximum Gasteiger partial charge on any atom is 0.185 e. The summed E-state index contributed by atoms with van der Waals surface area (Å²) in [5, 5.41) is 11.4. The normalized spacial score (nSPS) is 10.9. The molecule has 3 aromatic rings. The number of benzene rings is 2. The molecule has 0 bridgehead atoms. The lowest BCUT2D eigenvalue weighted by Gasteiger charge is -2.00. The predicted octanol–water partition coefficient (Wildman–Crippen LogP) is 5.02. The van der Waals surface area contributed by atoms with Crippen LogP contribution in [0.2, 0.25) is 0 Å². The number of hydrogen-bond donors (Lipinski definition) is 1. The van der Waals surface area contributed by atoms with Crippen molar-refractivity contribution in [3.8, 4) is 16.2 Å². The summed E-state index contributed by atoms with van der Waals surface area (Å²) in [6.45, 7) is 0. The molecule has 3 heteroatoms. The molecule has 108 valence electrons. The maximum absolute atomic E-state index is 12.2. The minimum Gasteiger partial charge on any atom is -0.508 e. The van der Waals surface area contributed by atoms with E-state index in [0.29, 0.717) is 5.56 Å². The number of rotatable bonds is 4. The molecule has 0 atom stereocenters. The van der Waals surface area contributed by atoms with Gasteiger partial charge in [-0.25, -0.2) is 0 Å². The van der Waals surface area contributed by atoms with E-state index < -0.39 is 0 Å². The molecule has 1 N–H and O–H groups in total. The number of aromatic hydroxyl groups is 1. The minimum atomic E-state index is -0.0546. The van der Waals surface area contributed by atoms with Gasteiger partial charge in [-0.1, -0.05) is 48.5 Å². The molecule has 3 rings (SSSR count). The van der Waals surface area contributed by atoms with E-state index in [1.807, 2.05) is 41.8 Å². The van der Waals surface area contributed by atoms with Crippen molar-refractivity contribution in [2.75, 3.05) is 0 Å². The van der Waals surface area contributed by atoms with Gasteiger partial charge in [0.2, 0.25) is 0 Å². The highest BCUT2D eigenvalue weighted by Crippen LogP contribution is 2.24. The van der Waals surface area contributed by atoms with Gasteiger partial charge in [0, 0.05) is 10.4 Å². The zero-order valence-electron chi connectivity index (χ0n) is 11.8. The average molecular weight is 306 g/mol. The monoisotopic (exact) mass is 306 g/mol. The topological polar surface area (TPSA) is 37.3 Å². The van der Waals surface area contributed by atoms with Crippen molar-refractivity contribution < 1.29 is 9.90 Å². The van der Waals surface area contributed by atoms with Gasteiger partial charge in [-0.2, -0.15) is 0 Å². The van der Waals surface area contributed by atoms with Gasteiger partial charge in [-0.15, -0.1) is 11.3 Å². The van der Waals surface area contributed by atoms with E-state index in [2.05, 4.69) is 6.07 Å². The van der Waals surface area contributed by atoms with E-state index in [4.69, 9.17) is 0 Å². The van der Waals surface area contributed by atoms with Gasteiger partial charge in [-0.05, 0) is 40.8 Å². The van der Waals surface area contributed by atoms with Gasteiger partial charge in [0.05, 0.1) is 0 Å².